The first-order valence-corrected chi connectivity index (χ1v) is 7.78. The molecular formula is C17H20N4O2. The van der Waals surface area contributed by atoms with Crippen LogP contribution >= 0.6 is 0 Å². The summed E-state index contributed by atoms with van der Waals surface area (Å²) in [5.41, 5.74) is 8.36. The van der Waals surface area contributed by atoms with Crippen molar-refractivity contribution >= 4 is 33.5 Å². The first kappa shape index (κ1) is 15.4. The first-order valence-electron chi connectivity index (χ1n) is 7.78. The highest BCUT2D eigenvalue weighted by molar-refractivity contribution is 6.06. The first-order chi connectivity index (χ1) is 11.2. The quantitative estimate of drug-likeness (QED) is 0.756. The summed E-state index contributed by atoms with van der Waals surface area (Å²) in [5.74, 6) is 1.22. The van der Waals surface area contributed by atoms with E-state index in [1.807, 2.05) is 42.7 Å². The SMILES string of the molecule is CCOCc1nc2c(N)nc3ccccc3c2n1CC(=O)CC. The fourth-order valence-corrected chi connectivity index (χ4v) is 2.67. The molecule has 2 N–H and O–H groups in total. The van der Waals surface area contributed by atoms with Gasteiger partial charge >= 0.3 is 0 Å². The van der Waals surface area contributed by atoms with Gasteiger partial charge in [0.15, 0.2) is 11.6 Å². The summed E-state index contributed by atoms with van der Waals surface area (Å²) in [6.45, 7) is 4.98. The maximum absolute atomic E-state index is 12.0. The molecule has 3 aromatic rings. The zero-order valence-electron chi connectivity index (χ0n) is 13.4. The zero-order valence-corrected chi connectivity index (χ0v) is 13.4. The summed E-state index contributed by atoms with van der Waals surface area (Å²) in [6, 6.07) is 7.75. The average molecular weight is 312 g/mol. The number of fused-ring (bicyclic) bond motifs is 3. The standard InChI is InChI=1S/C17H20N4O2/c1-3-11(22)9-21-14(10-23-4-2)20-15-16(21)12-7-5-6-8-13(12)19-17(15)18/h5-8H,3-4,9-10H2,1-2H3,(H2,18,19). The number of ether oxygens (including phenoxy) is 1. The number of nitrogens with zero attached hydrogens (tertiary/aromatic N) is 3. The Hall–Kier alpha value is -2.47. The number of carbonyl (C=O) groups excluding carboxylic acids is 1. The number of carbonyl (C=O) groups is 1. The van der Waals surface area contributed by atoms with Crippen LogP contribution < -0.4 is 5.73 Å². The van der Waals surface area contributed by atoms with Crippen molar-refractivity contribution in [3.8, 4) is 0 Å². The van der Waals surface area contributed by atoms with E-state index in [9.17, 15) is 4.79 Å². The molecule has 0 aliphatic heterocycles. The highest BCUT2D eigenvalue weighted by atomic mass is 16.5. The van der Waals surface area contributed by atoms with Crippen LogP contribution in [0.5, 0.6) is 0 Å². The van der Waals surface area contributed by atoms with Crippen LogP contribution in [-0.4, -0.2) is 26.9 Å². The molecule has 0 aliphatic rings. The van der Waals surface area contributed by atoms with Gasteiger partial charge in [-0.25, -0.2) is 9.97 Å². The lowest BCUT2D eigenvalue weighted by molar-refractivity contribution is -0.119. The summed E-state index contributed by atoms with van der Waals surface area (Å²) in [5, 5.41) is 0.941. The van der Waals surface area contributed by atoms with Crippen molar-refractivity contribution in [2.45, 2.75) is 33.4 Å². The van der Waals surface area contributed by atoms with Gasteiger partial charge in [0.25, 0.3) is 0 Å². The van der Waals surface area contributed by atoms with Crippen LogP contribution in [0.1, 0.15) is 26.1 Å². The van der Waals surface area contributed by atoms with E-state index < -0.39 is 0 Å². The topological polar surface area (TPSA) is 83.0 Å². The molecule has 0 fully saturated rings. The molecule has 0 amide bonds. The number of ketones is 1. The number of Topliss-reactive ketones (excluding diaryl/α,β-unsaturated/α-hetero) is 1. The normalized spacial score (nSPS) is 11.4. The number of aromatic nitrogens is 3. The minimum Gasteiger partial charge on any atom is -0.382 e. The fourth-order valence-electron chi connectivity index (χ4n) is 2.67. The third-order valence-corrected chi connectivity index (χ3v) is 3.85. The Labute approximate surface area is 134 Å². The predicted molar refractivity (Wildman–Crippen MR) is 90.1 cm³/mol. The number of pyridine rings is 1. The number of nitrogens with two attached hydrogens (primary N) is 1. The molecule has 1 aromatic carbocycles. The maximum Gasteiger partial charge on any atom is 0.152 e. The highest BCUT2D eigenvalue weighted by Crippen LogP contribution is 2.29. The molecule has 2 heterocycles. The Bertz CT molecular complexity index is 870. The van der Waals surface area contributed by atoms with Crippen LogP contribution in [0.2, 0.25) is 0 Å². The Morgan fingerprint density at radius 2 is 2.04 bits per heavy atom. The molecule has 0 saturated heterocycles. The molecule has 2 aromatic heterocycles. The third kappa shape index (κ3) is 2.77. The zero-order chi connectivity index (χ0) is 16.4. The Balaban J connectivity index is 2.30. The monoisotopic (exact) mass is 312 g/mol. The molecule has 120 valence electrons. The van der Waals surface area contributed by atoms with E-state index in [1.54, 1.807) is 0 Å². The highest BCUT2D eigenvalue weighted by Gasteiger charge is 2.18. The number of rotatable bonds is 6. The molecule has 0 aliphatic carbocycles. The van der Waals surface area contributed by atoms with Gasteiger partial charge in [0, 0.05) is 18.4 Å². The van der Waals surface area contributed by atoms with Crippen molar-refractivity contribution in [1.82, 2.24) is 14.5 Å². The lowest BCUT2D eigenvalue weighted by atomic mass is 10.2. The Morgan fingerprint density at radius 1 is 1.26 bits per heavy atom. The Morgan fingerprint density at radius 3 is 2.78 bits per heavy atom. The molecule has 0 radical (unpaired) electrons. The van der Waals surface area contributed by atoms with E-state index in [-0.39, 0.29) is 12.3 Å². The molecular weight excluding hydrogens is 292 g/mol. The van der Waals surface area contributed by atoms with Crippen LogP contribution in [0.3, 0.4) is 0 Å². The minimum absolute atomic E-state index is 0.140. The van der Waals surface area contributed by atoms with Gasteiger partial charge in [-0.2, -0.15) is 0 Å². The molecule has 6 heteroatoms. The number of hydrogen-bond acceptors (Lipinski definition) is 5. The van der Waals surface area contributed by atoms with Gasteiger partial charge in [0.1, 0.15) is 17.9 Å². The van der Waals surface area contributed by atoms with Crippen LogP contribution in [0.25, 0.3) is 21.9 Å². The summed E-state index contributed by atoms with van der Waals surface area (Å²) < 4.78 is 7.41. The van der Waals surface area contributed by atoms with Gasteiger partial charge in [-0.3, -0.25) is 4.79 Å². The van der Waals surface area contributed by atoms with E-state index in [0.717, 1.165) is 16.4 Å². The summed E-state index contributed by atoms with van der Waals surface area (Å²) in [6.07, 6.45) is 0.478. The largest absolute Gasteiger partial charge is 0.382 e. The minimum atomic E-state index is 0.140. The number of imidazole rings is 1. The maximum atomic E-state index is 12.0. The fraction of sp³-hybridized carbons (Fsp3) is 0.353. The smallest absolute Gasteiger partial charge is 0.152 e. The molecule has 3 rings (SSSR count). The van der Waals surface area contributed by atoms with Crippen LogP contribution in [0.4, 0.5) is 5.82 Å². The lowest BCUT2D eigenvalue weighted by Gasteiger charge is -2.09. The number of hydrogen-bond donors (Lipinski definition) is 1. The second-order valence-corrected chi connectivity index (χ2v) is 5.35. The average Bonchev–Trinajstić information content (AvgIpc) is 2.92. The van der Waals surface area contributed by atoms with Gasteiger partial charge in [0.05, 0.1) is 17.6 Å². The van der Waals surface area contributed by atoms with E-state index in [0.29, 0.717) is 36.8 Å². The van der Waals surface area contributed by atoms with Gasteiger partial charge in [-0.1, -0.05) is 25.1 Å². The molecule has 23 heavy (non-hydrogen) atoms. The van der Waals surface area contributed by atoms with Crippen LogP contribution in [0, 0.1) is 0 Å². The van der Waals surface area contributed by atoms with E-state index in [4.69, 9.17) is 10.5 Å². The van der Waals surface area contributed by atoms with Crippen molar-refractivity contribution in [2.75, 3.05) is 12.3 Å². The van der Waals surface area contributed by atoms with Crippen molar-refractivity contribution in [1.29, 1.82) is 0 Å². The van der Waals surface area contributed by atoms with E-state index >= 15 is 0 Å². The number of para-hydroxylation sites is 1. The van der Waals surface area contributed by atoms with Gasteiger partial charge in [-0.15, -0.1) is 0 Å². The second-order valence-electron chi connectivity index (χ2n) is 5.35. The lowest BCUT2D eigenvalue weighted by Crippen LogP contribution is -2.13. The van der Waals surface area contributed by atoms with E-state index in [2.05, 4.69) is 9.97 Å². The van der Waals surface area contributed by atoms with Gasteiger partial charge < -0.3 is 15.0 Å². The number of nitrogen functional groups attached to an aromatic ring is 1. The second kappa shape index (κ2) is 6.34. The Kier molecular flexibility index (Phi) is 4.25. The number of benzene rings is 1. The van der Waals surface area contributed by atoms with Crippen molar-refractivity contribution in [3.05, 3.63) is 30.1 Å². The molecule has 0 spiro atoms. The molecule has 0 bridgehead atoms. The molecule has 6 nitrogen and oxygen atoms in total. The van der Waals surface area contributed by atoms with Crippen LogP contribution in [0.15, 0.2) is 24.3 Å². The van der Waals surface area contributed by atoms with Gasteiger partial charge in [0.2, 0.25) is 0 Å². The van der Waals surface area contributed by atoms with E-state index in [1.165, 1.54) is 0 Å². The third-order valence-electron chi connectivity index (χ3n) is 3.85. The molecule has 0 atom stereocenters. The molecule has 0 unspecified atom stereocenters. The predicted octanol–water partition coefficient (Wildman–Crippen LogP) is 2.68. The van der Waals surface area contributed by atoms with Crippen LogP contribution in [-0.2, 0) is 22.7 Å². The van der Waals surface area contributed by atoms with Gasteiger partial charge in [-0.05, 0) is 13.0 Å². The summed E-state index contributed by atoms with van der Waals surface area (Å²) >= 11 is 0. The summed E-state index contributed by atoms with van der Waals surface area (Å²) in [7, 11) is 0. The number of anilines is 1. The summed E-state index contributed by atoms with van der Waals surface area (Å²) in [4.78, 5) is 21.0. The molecule has 0 saturated carbocycles. The van der Waals surface area contributed by atoms with Crippen molar-refractivity contribution < 1.29 is 9.53 Å². The van der Waals surface area contributed by atoms with Crippen molar-refractivity contribution in [2.24, 2.45) is 0 Å². The van der Waals surface area contributed by atoms with Crippen molar-refractivity contribution in [3.63, 3.8) is 0 Å².